The molecular formula is C20H30N4O2. The van der Waals surface area contributed by atoms with E-state index in [4.69, 9.17) is 0 Å². The molecule has 0 aromatic carbocycles. The molecule has 1 aromatic heterocycles. The Hall–Kier alpha value is -2.11. The highest BCUT2D eigenvalue weighted by Crippen LogP contribution is 2.40. The quantitative estimate of drug-likeness (QED) is 0.760. The normalized spacial score (nSPS) is 21.1. The van der Waals surface area contributed by atoms with E-state index in [2.05, 4.69) is 23.1 Å². The Bertz CT molecular complexity index is 673. The van der Waals surface area contributed by atoms with Gasteiger partial charge in [-0.1, -0.05) is 6.08 Å². The first-order valence-corrected chi connectivity index (χ1v) is 9.60. The van der Waals surface area contributed by atoms with Gasteiger partial charge in [-0.3, -0.25) is 9.59 Å². The number of likely N-dealkylation sites (tertiary alicyclic amines) is 2. The summed E-state index contributed by atoms with van der Waals surface area (Å²) in [5.41, 5.74) is 0.181. The van der Waals surface area contributed by atoms with Crippen molar-refractivity contribution in [1.82, 2.24) is 19.4 Å². The van der Waals surface area contributed by atoms with Crippen LogP contribution in [0, 0.1) is 12.3 Å². The van der Waals surface area contributed by atoms with E-state index in [0.29, 0.717) is 19.4 Å². The fourth-order valence-corrected chi connectivity index (χ4v) is 4.40. The SMILES string of the molecule is C=CCN1CC2(CCC1=O)CCN(C(=O)C[C@H](C)n1ccnc1C)CC2. The molecule has 1 spiro atoms. The van der Waals surface area contributed by atoms with Crippen molar-refractivity contribution in [2.75, 3.05) is 26.2 Å². The summed E-state index contributed by atoms with van der Waals surface area (Å²) in [5, 5.41) is 0. The van der Waals surface area contributed by atoms with Crippen LogP contribution in [0.5, 0.6) is 0 Å². The van der Waals surface area contributed by atoms with Crippen LogP contribution < -0.4 is 0 Å². The third-order valence-corrected chi connectivity index (χ3v) is 6.08. The zero-order valence-corrected chi connectivity index (χ0v) is 16.0. The summed E-state index contributed by atoms with van der Waals surface area (Å²) >= 11 is 0. The minimum absolute atomic E-state index is 0.122. The van der Waals surface area contributed by atoms with Gasteiger partial charge < -0.3 is 14.4 Å². The van der Waals surface area contributed by atoms with Crippen molar-refractivity contribution >= 4 is 11.8 Å². The molecule has 0 N–H and O–H groups in total. The molecule has 2 fully saturated rings. The van der Waals surface area contributed by atoms with Gasteiger partial charge in [0, 0.05) is 57.5 Å². The summed E-state index contributed by atoms with van der Waals surface area (Å²) in [6.07, 6.45) is 9.56. The Kier molecular flexibility index (Phi) is 5.49. The summed E-state index contributed by atoms with van der Waals surface area (Å²) in [6.45, 7) is 10.8. The molecule has 0 unspecified atom stereocenters. The predicted octanol–water partition coefficient (Wildman–Crippen LogP) is 2.56. The Morgan fingerprint density at radius 1 is 1.38 bits per heavy atom. The van der Waals surface area contributed by atoms with Gasteiger partial charge in [0.1, 0.15) is 5.82 Å². The van der Waals surface area contributed by atoms with Crippen LogP contribution in [0.15, 0.2) is 25.0 Å². The number of imidazole rings is 1. The number of piperidine rings is 2. The van der Waals surface area contributed by atoms with E-state index in [1.807, 2.05) is 22.9 Å². The number of rotatable bonds is 5. The Morgan fingerprint density at radius 2 is 2.12 bits per heavy atom. The third-order valence-electron chi connectivity index (χ3n) is 6.08. The van der Waals surface area contributed by atoms with Crippen LogP contribution >= 0.6 is 0 Å². The largest absolute Gasteiger partial charge is 0.343 e. The average Bonchev–Trinajstić information content (AvgIpc) is 3.05. The number of nitrogens with zero attached hydrogens (tertiary/aromatic N) is 4. The Balaban J connectivity index is 1.54. The zero-order chi connectivity index (χ0) is 18.7. The van der Waals surface area contributed by atoms with Crippen molar-refractivity contribution < 1.29 is 9.59 Å². The molecule has 1 atom stereocenters. The van der Waals surface area contributed by atoms with Gasteiger partial charge in [-0.2, -0.15) is 0 Å². The van der Waals surface area contributed by atoms with Crippen LogP contribution in [0.25, 0.3) is 0 Å². The van der Waals surface area contributed by atoms with Gasteiger partial charge in [0.05, 0.1) is 0 Å². The molecule has 2 saturated heterocycles. The Morgan fingerprint density at radius 3 is 2.73 bits per heavy atom. The molecule has 0 radical (unpaired) electrons. The second-order valence-electron chi connectivity index (χ2n) is 7.88. The monoisotopic (exact) mass is 358 g/mol. The lowest BCUT2D eigenvalue weighted by molar-refractivity contribution is -0.142. The van der Waals surface area contributed by atoms with Crippen molar-refractivity contribution in [3.8, 4) is 0 Å². The van der Waals surface area contributed by atoms with Gasteiger partial charge in [0.15, 0.2) is 0 Å². The zero-order valence-electron chi connectivity index (χ0n) is 16.0. The fraction of sp³-hybridized carbons (Fsp3) is 0.650. The molecule has 2 amide bonds. The number of carbonyl (C=O) groups is 2. The molecular weight excluding hydrogens is 328 g/mol. The van der Waals surface area contributed by atoms with E-state index in [1.54, 1.807) is 12.3 Å². The molecule has 0 bridgehead atoms. The van der Waals surface area contributed by atoms with E-state index >= 15 is 0 Å². The number of carbonyl (C=O) groups excluding carboxylic acids is 2. The summed E-state index contributed by atoms with van der Waals surface area (Å²) in [4.78, 5) is 32.9. The van der Waals surface area contributed by atoms with Crippen LogP contribution in [0.2, 0.25) is 0 Å². The van der Waals surface area contributed by atoms with Crippen molar-refractivity contribution in [1.29, 1.82) is 0 Å². The van der Waals surface area contributed by atoms with Crippen LogP contribution in [0.3, 0.4) is 0 Å². The third kappa shape index (κ3) is 3.84. The lowest BCUT2D eigenvalue weighted by Gasteiger charge is -2.47. The summed E-state index contributed by atoms with van der Waals surface area (Å²) in [5.74, 6) is 1.39. The number of aromatic nitrogens is 2. The van der Waals surface area contributed by atoms with Gasteiger partial charge in [-0.25, -0.2) is 4.98 Å². The van der Waals surface area contributed by atoms with E-state index in [0.717, 1.165) is 44.7 Å². The Labute approximate surface area is 155 Å². The highest BCUT2D eigenvalue weighted by Gasteiger charge is 2.41. The molecule has 2 aliphatic rings. The van der Waals surface area contributed by atoms with E-state index in [9.17, 15) is 9.59 Å². The van der Waals surface area contributed by atoms with Crippen LogP contribution in [-0.2, 0) is 9.59 Å². The van der Waals surface area contributed by atoms with E-state index in [-0.39, 0.29) is 23.3 Å². The first-order valence-electron chi connectivity index (χ1n) is 9.60. The van der Waals surface area contributed by atoms with Crippen molar-refractivity contribution in [3.63, 3.8) is 0 Å². The highest BCUT2D eigenvalue weighted by molar-refractivity contribution is 5.78. The minimum atomic E-state index is 0.122. The maximum absolute atomic E-state index is 12.7. The highest BCUT2D eigenvalue weighted by atomic mass is 16.2. The number of aryl methyl sites for hydroxylation is 1. The van der Waals surface area contributed by atoms with E-state index in [1.165, 1.54) is 0 Å². The average molecular weight is 358 g/mol. The van der Waals surface area contributed by atoms with Gasteiger partial charge in [-0.15, -0.1) is 6.58 Å². The van der Waals surface area contributed by atoms with Crippen LogP contribution in [-0.4, -0.2) is 57.3 Å². The topological polar surface area (TPSA) is 58.4 Å². The summed E-state index contributed by atoms with van der Waals surface area (Å²) in [6, 6.07) is 0.122. The lowest BCUT2D eigenvalue weighted by atomic mass is 9.72. The summed E-state index contributed by atoms with van der Waals surface area (Å²) in [7, 11) is 0. The molecule has 1 aromatic rings. The standard InChI is InChI=1S/C20H30N4O2/c1-4-10-23-15-20(6-5-18(23)25)7-11-22(12-8-20)19(26)14-16(2)24-13-9-21-17(24)3/h4,9,13,16H,1,5-8,10-12,14-15H2,2-3H3/t16-/m0/s1. The molecule has 6 nitrogen and oxygen atoms in total. The first kappa shape index (κ1) is 18.7. The molecule has 3 heterocycles. The number of hydrogen-bond acceptors (Lipinski definition) is 3. The molecule has 0 aliphatic carbocycles. The molecule has 0 saturated carbocycles. The summed E-state index contributed by atoms with van der Waals surface area (Å²) < 4.78 is 2.06. The van der Waals surface area contributed by atoms with Crippen LogP contribution in [0.4, 0.5) is 0 Å². The second-order valence-corrected chi connectivity index (χ2v) is 7.88. The maximum Gasteiger partial charge on any atom is 0.224 e. The van der Waals surface area contributed by atoms with E-state index < -0.39 is 0 Å². The van der Waals surface area contributed by atoms with Crippen molar-refractivity contribution in [2.45, 2.75) is 52.0 Å². The molecule has 6 heteroatoms. The smallest absolute Gasteiger partial charge is 0.224 e. The second kappa shape index (κ2) is 7.64. The maximum atomic E-state index is 12.7. The fourth-order valence-electron chi connectivity index (χ4n) is 4.40. The molecule has 142 valence electrons. The lowest BCUT2D eigenvalue weighted by Crippen LogP contribution is -2.52. The van der Waals surface area contributed by atoms with Gasteiger partial charge >= 0.3 is 0 Å². The van der Waals surface area contributed by atoms with Gasteiger partial charge in [0.2, 0.25) is 11.8 Å². The van der Waals surface area contributed by atoms with Gasteiger partial charge in [-0.05, 0) is 38.5 Å². The van der Waals surface area contributed by atoms with Gasteiger partial charge in [0.25, 0.3) is 0 Å². The van der Waals surface area contributed by atoms with Crippen LogP contribution in [0.1, 0.15) is 50.9 Å². The number of amides is 2. The molecule has 2 aliphatic heterocycles. The molecule has 26 heavy (non-hydrogen) atoms. The predicted molar refractivity (Wildman–Crippen MR) is 101 cm³/mol. The number of hydrogen-bond donors (Lipinski definition) is 0. The van der Waals surface area contributed by atoms with Crippen molar-refractivity contribution in [3.05, 3.63) is 30.9 Å². The van der Waals surface area contributed by atoms with Crippen molar-refractivity contribution in [2.24, 2.45) is 5.41 Å². The minimum Gasteiger partial charge on any atom is -0.343 e. The first-order chi connectivity index (χ1) is 12.4. The molecule has 3 rings (SSSR count).